The molecule has 1 aromatic rings. The molecule has 1 rings (SSSR count). The summed E-state index contributed by atoms with van der Waals surface area (Å²) in [5.41, 5.74) is 17.1. The summed E-state index contributed by atoms with van der Waals surface area (Å²) in [4.78, 5) is 0. The summed E-state index contributed by atoms with van der Waals surface area (Å²) in [5, 5.41) is 0. The smallest absolute Gasteiger partial charge is 0.0399 e. The Morgan fingerprint density at radius 3 is 1.46 bits per heavy atom. The lowest BCUT2D eigenvalue weighted by molar-refractivity contribution is 0.574. The Hall–Kier alpha value is -1.18. The highest BCUT2D eigenvalue weighted by Gasteiger charge is 2.09. The Balaban J connectivity index is 2.26. The number of aryl methyl sites for hydroxylation is 1. The molecule has 0 saturated heterocycles. The standard InChI is InChI=1S/C26H48N2/c1-3-5-7-9-11-13-15-17-19-23-21-22-25(27)24(26(23)28)20-18-16-14-12-10-8-6-4-2/h21-22H,3-20,27-28H2,1-2H3. The average molecular weight is 389 g/mol. The normalized spacial score (nSPS) is 11.2. The second-order valence-corrected chi connectivity index (χ2v) is 8.66. The molecule has 2 heteroatoms. The molecule has 0 radical (unpaired) electrons. The minimum absolute atomic E-state index is 0.889. The van der Waals surface area contributed by atoms with Crippen LogP contribution in [0.4, 0.5) is 11.4 Å². The fourth-order valence-electron chi connectivity index (χ4n) is 4.11. The molecule has 0 aromatic heterocycles. The molecule has 0 bridgehead atoms. The van der Waals surface area contributed by atoms with Gasteiger partial charge in [0.2, 0.25) is 0 Å². The molecular weight excluding hydrogens is 340 g/mol. The third-order valence-electron chi connectivity index (χ3n) is 6.06. The second-order valence-electron chi connectivity index (χ2n) is 8.66. The van der Waals surface area contributed by atoms with Gasteiger partial charge in [0.05, 0.1) is 0 Å². The zero-order valence-electron chi connectivity index (χ0n) is 19.0. The average Bonchev–Trinajstić information content (AvgIpc) is 2.69. The maximum Gasteiger partial charge on any atom is 0.0399 e. The van der Waals surface area contributed by atoms with E-state index in [0.717, 1.165) is 24.2 Å². The highest BCUT2D eigenvalue weighted by molar-refractivity contribution is 5.65. The van der Waals surface area contributed by atoms with Crippen LogP contribution in [-0.4, -0.2) is 0 Å². The summed E-state index contributed by atoms with van der Waals surface area (Å²) in [6.07, 6.45) is 23.7. The van der Waals surface area contributed by atoms with E-state index in [1.807, 2.05) is 0 Å². The maximum atomic E-state index is 6.50. The number of nitrogen functional groups attached to an aromatic ring is 2. The van der Waals surface area contributed by atoms with Crippen molar-refractivity contribution >= 4 is 11.4 Å². The van der Waals surface area contributed by atoms with Crippen LogP contribution in [0.2, 0.25) is 0 Å². The van der Waals surface area contributed by atoms with Crippen LogP contribution in [0.5, 0.6) is 0 Å². The highest BCUT2D eigenvalue weighted by Crippen LogP contribution is 2.27. The summed E-state index contributed by atoms with van der Waals surface area (Å²) in [6, 6.07) is 4.24. The molecule has 162 valence electrons. The number of benzene rings is 1. The third kappa shape index (κ3) is 11.0. The Morgan fingerprint density at radius 2 is 0.964 bits per heavy atom. The van der Waals surface area contributed by atoms with E-state index in [-0.39, 0.29) is 0 Å². The minimum Gasteiger partial charge on any atom is -0.398 e. The van der Waals surface area contributed by atoms with Crippen LogP contribution in [-0.2, 0) is 12.8 Å². The Labute approximate surface area is 175 Å². The first kappa shape index (κ1) is 24.9. The van der Waals surface area contributed by atoms with E-state index >= 15 is 0 Å². The Kier molecular flexibility index (Phi) is 14.9. The number of nitrogens with two attached hydrogens (primary N) is 2. The maximum absolute atomic E-state index is 6.50. The monoisotopic (exact) mass is 388 g/mol. The van der Waals surface area contributed by atoms with Crippen molar-refractivity contribution in [1.82, 2.24) is 0 Å². The summed E-state index contributed by atoms with van der Waals surface area (Å²) >= 11 is 0. The van der Waals surface area contributed by atoms with Gasteiger partial charge in [0.25, 0.3) is 0 Å². The molecular formula is C26H48N2. The van der Waals surface area contributed by atoms with Gasteiger partial charge in [0.1, 0.15) is 0 Å². The van der Waals surface area contributed by atoms with Crippen molar-refractivity contribution in [3.05, 3.63) is 23.3 Å². The van der Waals surface area contributed by atoms with Gasteiger partial charge in [0, 0.05) is 11.4 Å². The van der Waals surface area contributed by atoms with Gasteiger partial charge in [-0.25, -0.2) is 0 Å². The van der Waals surface area contributed by atoms with Gasteiger partial charge in [-0.2, -0.15) is 0 Å². The molecule has 4 N–H and O–H groups in total. The molecule has 0 aliphatic heterocycles. The van der Waals surface area contributed by atoms with Crippen molar-refractivity contribution in [2.45, 2.75) is 129 Å². The first-order valence-corrected chi connectivity index (χ1v) is 12.4. The second kappa shape index (κ2) is 16.7. The fraction of sp³-hybridized carbons (Fsp3) is 0.769. The van der Waals surface area contributed by atoms with E-state index in [2.05, 4.69) is 26.0 Å². The topological polar surface area (TPSA) is 52.0 Å². The van der Waals surface area contributed by atoms with Crippen molar-refractivity contribution in [3.8, 4) is 0 Å². The molecule has 0 atom stereocenters. The van der Waals surface area contributed by atoms with Crippen molar-refractivity contribution in [3.63, 3.8) is 0 Å². The summed E-state index contributed by atoms with van der Waals surface area (Å²) < 4.78 is 0. The predicted molar refractivity (Wildman–Crippen MR) is 128 cm³/mol. The molecule has 0 saturated carbocycles. The number of rotatable bonds is 18. The van der Waals surface area contributed by atoms with E-state index in [0.29, 0.717) is 0 Å². The summed E-state index contributed by atoms with van der Waals surface area (Å²) in [7, 11) is 0. The van der Waals surface area contributed by atoms with Crippen molar-refractivity contribution < 1.29 is 0 Å². The lowest BCUT2D eigenvalue weighted by Crippen LogP contribution is -2.04. The fourth-order valence-corrected chi connectivity index (χ4v) is 4.11. The lowest BCUT2D eigenvalue weighted by atomic mass is 9.96. The van der Waals surface area contributed by atoms with Crippen LogP contribution >= 0.6 is 0 Å². The minimum atomic E-state index is 0.889. The predicted octanol–water partition coefficient (Wildman–Crippen LogP) is 8.22. The van der Waals surface area contributed by atoms with Gasteiger partial charge in [-0.05, 0) is 42.9 Å². The van der Waals surface area contributed by atoms with Gasteiger partial charge in [-0.15, -0.1) is 0 Å². The van der Waals surface area contributed by atoms with E-state index in [4.69, 9.17) is 11.5 Å². The molecule has 2 nitrogen and oxygen atoms in total. The summed E-state index contributed by atoms with van der Waals surface area (Å²) in [5.74, 6) is 0. The molecule has 0 heterocycles. The molecule has 28 heavy (non-hydrogen) atoms. The van der Waals surface area contributed by atoms with E-state index in [9.17, 15) is 0 Å². The third-order valence-corrected chi connectivity index (χ3v) is 6.06. The first-order valence-electron chi connectivity index (χ1n) is 12.4. The molecule has 0 spiro atoms. The van der Waals surface area contributed by atoms with Crippen LogP contribution < -0.4 is 11.5 Å². The van der Waals surface area contributed by atoms with Gasteiger partial charge >= 0.3 is 0 Å². The van der Waals surface area contributed by atoms with E-state index in [1.165, 1.54) is 114 Å². The SMILES string of the molecule is CCCCCCCCCCc1ccc(N)c(CCCCCCCCCC)c1N. The largest absolute Gasteiger partial charge is 0.398 e. The number of hydrogen-bond acceptors (Lipinski definition) is 2. The van der Waals surface area contributed by atoms with Gasteiger partial charge in [-0.3, -0.25) is 0 Å². The number of unbranched alkanes of at least 4 members (excludes halogenated alkanes) is 14. The number of anilines is 2. The van der Waals surface area contributed by atoms with Crippen LogP contribution in [0.3, 0.4) is 0 Å². The Bertz CT molecular complexity index is 495. The van der Waals surface area contributed by atoms with Gasteiger partial charge < -0.3 is 11.5 Å². The van der Waals surface area contributed by atoms with Crippen LogP contribution in [0.1, 0.15) is 128 Å². The first-order chi connectivity index (χ1) is 13.7. The Morgan fingerprint density at radius 1 is 0.536 bits per heavy atom. The number of hydrogen-bond donors (Lipinski definition) is 2. The van der Waals surface area contributed by atoms with Crippen molar-refractivity contribution in [2.24, 2.45) is 0 Å². The molecule has 0 aliphatic rings. The lowest BCUT2D eigenvalue weighted by Gasteiger charge is -2.14. The molecule has 0 fully saturated rings. The van der Waals surface area contributed by atoms with Crippen LogP contribution in [0.25, 0.3) is 0 Å². The highest BCUT2D eigenvalue weighted by atomic mass is 14.6. The zero-order valence-corrected chi connectivity index (χ0v) is 19.0. The zero-order chi connectivity index (χ0) is 20.5. The molecule has 0 amide bonds. The van der Waals surface area contributed by atoms with Crippen molar-refractivity contribution in [2.75, 3.05) is 11.5 Å². The molecule has 0 aliphatic carbocycles. The van der Waals surface area contributed by atoms with Crippen LogP contribution in [0.15, 0.2) is 12.1 Å². The summed E-state index contributed by atoms with van der Waals surface area (Å²) in [6.45, 7) is 4.55. The van der Waals surface area contributed by atoms with Gasteiger partial charge in [-0.1, -0.05) is 110 Å². The quantitative estimate of drug-likeness (QED) is 0.196. The van der Waals surface area contributed by atoms with Crippen LogP contribution in [0, 0.1) is 0 Å². The van der Waals surface area contributed by atoms with Gasteiger partial charge in [0.15, 0.2) is 0 Å². The van der Waals surface area contributed by atoms with Crippen molar-refractivity contribution in [1.29, 1.82) is 0 Å². The van der Waals surface area contributed by atoms with E-state index in [1.54, 1.807) is 0 Å². The van der Waals surface area contributed by atoms with E-state index < -0.39 is 0 Å². The molecule has 0 unspecified atom stereocenters. The molecule has 1 aromatic carbocycles.